The minimum Gasteiger partial charge on any atom is -0.310 e. The van der Waals surface area contributed by atoms with Crippen LogP contribution in [0.25, 0.3) is 5.69 Å². The van der Waals surface area contributed by atoms with Gasteiger partial charge in [-0.2, -0.15) is 5.10 Å². The number of hydrogen-bond acceptors (Lipinski definition) is 2. The topological polar surface area (TPSA) is 29.9 Å². The zero-order chi connectivity index (χ0) is 15.0. The average Bonchev–Trinajstić information content (AvgIpc) is 2.89. The van der Waals surface area contributed by atoms with E-state index in [9.17, 15) is 13.2 Å². The summed E-state index contributed by atoms with van der Waals surface area (Å²) in [5.41, 5.74) is 2.19. The van der Waals surface area contributed by atoms with Crippen LogP contribution in [0.5, 0.6) is 0 Å². The van der Waals surface area contributed by atoms with E-state index in [-0.39, 0.29) is 11.7 Å². The van der Waals surface area contributed by atoms with Crippen molar-refractivity contribution in [3.8, 4) is 5.69 Å². The SMILES string of the molecule is CCNC1CCCc2c1cnn2-c1cc(F)c(F)c(F)c1. The maximum Gasteiger partial charge on any atom is 0.194 e. The van der Waals surface area contributed by atoms with Crippen molar-refractivity contribution >= 4 is 0 Å². The summed E-state index contributed by atoms with van der Waals surface area (Å²) < 4.78 is 41.4. The molecule has 3 rings (SSSR count). The Kier molecular flexibility index (Phi) is 3.71. The highest BCUT2D eigenvalue weighted by Crippen LogP contribution is 2.31. The van der Waals surface area contributed by atoms with Gasteiger partial charge in [-0.05, 0) is 25.8 Å². The quantitative estimate of drug-likeness (QED) is 0.881. The van der Waals surface area contributed by atoms with Crippen molar-refractivity contribution in [3.05, 3.63) is 47.0 Å². The standard InChI is InChI=1S/C15H16F3N3/c1-2-19-13-4-3-5-14-10(13)8-20-21(14)9-6-11(16)15(18)12(17)7-9/h6-8,13,19H,2-5H2,1H3. The van der Waals surface area contributed by atoms with Crippen molar-refractivity contribution in [1.82, 2.24) is 15.1 Å². The summed E-state index contributed by atoms with van der Waals surface area (Å²) in [6, 6.07) is 2.16. The van der Waals surface area contributed by atoms with E-state index in [1.54, 1.807) is 6.20 Å². The molecule has 1 aromatic heterocycles. The van der Waals surface area contributed by atoms with E-state index in [4.69, 9.17) is 0 Å². The number of rotatable bonds is 3. The van der Waals surface area contributed by atoms with Gasteiger partial charge in [0, 0.05) is 29.4 Å². The molecule has 0 aliphatic heterocycles. The molecular formula is C15H16F3N3. The second kappa shape index (κ2) is 5.52. The van der Waals surface area contributed by atoms with Crippen LogP contribution in [0, 0.1) is 17.5 Å². The van der Waals surface area contributed by atoms with Crippen LogP contribution >= 0.6 is 0 Å². The third kappa shape index (κ3) is 2.44. The molecule has 6 heteroatoms. The molecule has 0 spiro atoms. The lowest BCUT2D eigenvalue weighted by Gasteiger charge is -2.23. The highest BCUT2D eigenvalue weighted by Gasteiger charge is 2.24. The van der Waals surface area contributed by atoms with E-state index in [0.717, 1.165) is 49.2 Å². The van der Waals surface area contributed by atoms with Crippen molar-refractivity contribution in [2.75, 3.05) is 6.54 Å². The van der Waals surface area contributed by atoms with E-state index < -0.39 is 17.5 Å². The van der Waals surface area contributed by atoms with Crippen molar-refractivity contribution in [2.45, 2.75) is 32.2 Å². The molecule has 21 heavy (non-hydrogen) atoms. The van der Waals surface area contributed by atoms with Gasteiger partial charge in [0.2, 0.25) is 0 Å². The van der Waals surface area contributed by atoms with Gasteiger partial charge in [0.25, 0.3) is 0 Å². The minimum absolute atomic E-state index is 0.211. The van der Waals surface area contributed by atoms with Crippen LogP contribution in [0.15, 0.2) is 18.3 Å². The van der Waals surface area contributed by atoms with Crippen molar-refractivity contribution < 1.29 is 13.2 Å². The lowest BCUT2D eigenvalue weighted by Crippen LogP contribution is -2.25. The molecule has 0 saturated carbocycles. The fraction of sp³-hybridized carbons (Fsp3) is 0.400. The van der Waals surface area contributed by atoms with Crippen LogP contribution in [0.3, 0.4) is 0 Å². The Balaban J connectivity index is 2.05. The number of halogens is 3. The van der Waals surface area contributed by atoms with E-state index in [0.29, 0.717) is 0 Å². The van der Waals surface area contributed by atoms with Crippen LogP contribution in [-0.4, -0.2) is 16.3 Å². The first-order valence-corrected chi connectivity index (χ1v) is 7.07. The number of fused-ring (bicyclic) bond motifs is 1. The molecule has 0 fully saturated rings. The van der Waals surface area contributed by atoms with Gasteiger partial charge in [0.05, 0.1) is 11.9 Å². The van der Waals surface area contributed by atoms with Crippen LogP contribution in [0.1, 0.15) is 37.1 Å². The summed E-state index contributed by atoms with van der Waals surface area (Å²) in [4.78, 5) is 0. The molecule has 2 aromatic rings. The largest absolute Gasteiger partial charge is 0.310 e. The van der Waals surface area contributed by atoms with Gasteiger partial charge in [-0.25, -0.2) is 17.9 Å². The summed E-state index contributed by atoms with van der Waals surface area (Å²) >= 11 is 0. The second-order valence-corrected chi connectivity index (χ2v) is 5.18. The Bertz CT molecular complexity index is 643. The molecule has 0 radical (unpaired) electrons. The first kappa shape index (κ1) is 14.1. The van der Waals surface area contributed by atoms with Crippen molar-refractivity contribution in [2.24, 2.45) is 0 Å². The van der Waals surface area contributed by atoms with Crippen LogP contribution in [0.2, 0.25) is 0 Å². The van der Waals surface area contributed by atoms with E-state index in [2.05, 4.69) is 10.4 Å². The zero-order valence-electron chi connectivity index (χ0n) is 11.7. The first-order valence-electron chi connectivity index (χ1n) is 7.07. The van der Waals surface area contributed by atoms with Crippen LogP contribution in [-0.2, 0) is 6.42 Å². The van der Waals surface area contributed by atoms with Crippen LogP contribution < -0.4 is 5.32 Å². The molecule has 1 aliphatic rings. The number of nitrogens with one attached hydrogen (secondary N) is 1. The molecule has 1 atom stereocenters. The van der Waals surface area contributed by atoms with Gasteiger partial charge in [-0.3, -0.25) is 0 Å². The smallest absolute Gasteiger partial charge is 0.194 e. The Hall–Kier alpha value is -1.82. The van der Waals surface area contributed by atoms with Crippen LogP contribution in [0.4, 0.5) is 13.2 Å². The molecule has 0 saturated heterocycles. The number of aromatic nitrogens is 2. The predicted octanol–water partition coefficient (Wildman–Crippen LogP) is 3.28. The molecule has 1 unspecified atom stereocenters. The molecular weight excluding hydrogens is 279 g/mol. The van der Waals surface area contributed by atoms with Crippen molar-refractivity contribution in [3.63, 3.8) is 0 Å². The molecule has 3 nitrogen and oxygen atoms in total. The predicted molar refractivity (Wildman–Crippen MR) is 72.8 cm³/mol. The fourth-order valence-corrected chi connectivity index (χ4v) is 2.90. The molecule has 112 valence electrons. The number of nitrogens with zero attached hydrogens (tertiary/aromatic N) is 2. The Morgan fingerprint density at radius 3 is 2.67 bits per heavy atom. The van der Waals surface area contributed by atoms with Gasteiger partial charge in [0.1, 0.15) is 0 Å². The highest BCUT2D eigenvalue weighted by molar-refractivity contribution is 5.38. The lowest BCUT2D eigenvalue weighted by molar-refractivity contribution is 0.444. The Labute approximate surface area is 120 Å². The summed E-state index contributed by atoms with van der Waals surface area (Å²) in [6.45, 7) is 2.87. The molecule has 0 bridgehead atoms. The number of benzene rings is 1. The van der Waals surface area contributed by atoms with Gasteiger partial charge in [0.15, 0.2) is 17.5 Å². The van der Waals surface area contributed by atoms with Gasteiger partial charge >= 0.3 is 0 Å². The zero-order valence-corrected chi connectivity index (χ0v) is 11.7. The van der Waals surface area contributed by atoms with Gasteiger partial charge in [-0.15, -0.1) is 0 Å². The maximum atomic E-state index is 13.4. The molecule has 1 aliphatic carbocycles. The minimum atomic E-state index is -1.45. The molecule has 1 N–H and O–H groups in total. The molecule has 1 aromatic carbocycles. The van der Waals surface area contributed by atoms with E-state index in [1.807, 2.05) is 6.92 Å². The summed E-state index contributed by atoms with van der Waals surface area (Å²) in [6.07, 6.45) is 4.50. The molecule has 1 heterocycles. The van der Waals surface area contributed by atoms with Gasteiger partial charge in [-0.1, -0.05) is 6.92 Å². The third-order valence-corrected chi connectivity index (χ3v) is 3.85. The monoisotopic (exact) mass is 295 g/mol. The Morgan fingerprint density at radius 1 is 1.29 bits per heavy atom. The lowest BCUT2D eigenvalue weighted by atomic mass is 9.93. The Morgan fingerprint density at radius 2 is 2.00 bits per heavy atom. The fourth-order valence-electron chi connectivity index (χ4n) is 2.90. The van der Waals surface area contributed by atoms with E-state index >= 15 is 0 Å². The third-order valence-electron chi connectivity index (χ3n) is 3.85. The summed E-state index contributed by atoms with van der Waals surface area (Å²) in [7, 11) is 0. The summed E-state index contributed by atoms with van der Waals surface area (Å²) in [5.74, 6) is -3.85. The van der Waals surface area contributed by atoms with Gasteiger partial charge < -0.3 is 5.32 Å². The molecule has 0 amide bonds. The average molecular weight is 295 g/mol. The normalized spacial score (nSPS) is 17.8. The highest BCUT2D eigenvalue weighted by atomic mass is 19.2. The van der Waals surface area contributed by atoms with E-state index in [1.165, 1.54) is 4.68 Å². The first-order chi connectivity index (χ1) is 10.1. The number of hydrogen-bond donors (Lipinski definition) is 1. The van der Waals surface area contributed by atoms with Crippen molar-refractivity contribution in [1.29, 1.82) is 0 Å². The maximum absolute atomic E-state index is 13.4. The summed E-state index contributed by atoms with van der Waals surface area (Å²) in [5, 5.41) is 7.61. The second-order valence-electron chi connectivity index (χ2n) is 5.18.